The van der Waals surface area contributed by atoms with Gasteiger partial charge in [0.2, 0.25) is 0 Å². The quantitative estimate of drug-likeness (QED) is 0.332. The minimum atomic E-state index is 0.0982. The summed E-state index contributed by atoms with van der Waals surface area (Å²) in [5, 5.41) is 7.58. The van der Waals surface area contributed by atoms with E-state index >= 15 is 0 Å². The van der Waals surface area contributed by atoms with Gasteiger partial charge in [-0.25, -0.2) is 0 Å². The minimum Gasteiger partial charge on any atom is -0.380 e. The smallest absolute Gasteiger partial charge is 0.0415 e. The van der Waals surface area contributed by atoms with Crippen LogP contribution in [-0.2, 0) is 23.9 Å². The summed E-state index contributed by atoms with van der Waals surface area (Å²) in [5.41, 5.74) is 10.9. The summed E-state index contributed by atoms with van der Waals surface area (Å²) in [5.74, 6) is 0.963. The Bertz CT molecular complexity index is 1050. The lowest BCUT2D eigenvalue weighted by Crippen LogP contribution is -2.17. The maximum absolute atomic E-state index is 3.79. The highest BCUT2D eigenvalue weighted by Gasteiger charge is 2.22. The van der Waals surface area contributed by atoms with Crippen LogP contribution in [0.15, 0.2) is 60.7 Å². The first-order valence-electron chi connectivity index (χ1n) is 13.6. The zero-order valence-corrected chi connectivity index (χ0v) is 24.3. The third kappa shape index (κ3) is 6.72. The average molecular weight is 485 g/mol. The van der Waals surface area contributed by atoms with Crippen LogP contribution < -0.4 is 10.6 Å². The van der Waals surface area contributed by atoms with Crippen molar-refractivity contribution in [2.75, 3.05) is 10.6 Å². The maximum atomic E-state index is 3.79. The summed E-state index contributed by atoms with van der Waals surface area (Å²) in [4.78, 5) is 0. The molecule has 0 atom stereocenters. The van der Waals surface area contributed by atoms with Crippen molar-refractivity contribution in [3.63, 3.8) is 0 Å². The van der Waals surface area contributed by atoms with Crippen LogP contribution in [0.5, 0.6) is 0 Å². The Balaban J connectivity index is 1.76. The largest absolute Gasteiger partial charge is 0.380 e. The van der Waals surface area contributed by atoms with Crippen LogP contribution in [0, 0.1) is 0 Å². The number of anilines is 2. The lowest BCUT2D eigenvalue weighted by atomic mass is 9.83. The number of rotatable bonds is 8. The number of nitrogens with one attached hydrogen (secondary N) is 2. The molecule has 0 unspecified atom stereocenters. The summed E-state index contributed by atoms with van der Waals surface area (Å²) in [6.45, 7) is 24.5. The Morgan fingerprint density at radius 3 is 1.14 bits per heavy atom. The normalized spacial score (nSPS) is 12.3. The Labute approximate surface area is 220 Å². The third-order valence-electron chi connectivity index (χ3n) is 7.01. The van der Waals surface area contributed by atoms with Gasteiger partial charge in [-0.15, -0.1) is 0 Å². The lowest BCUT2D eigenvalue weighted by molar-refractivity contribution is 0.589. The highest BCUT2D eigenvalue weighted by atomic mass is 14.9. The van der Waals surface area contributed by atoms with Gasteiger partial charge in [-0.05, 0) is 56.0 Å². The monoisotopic (exact) mass is 484 g/mol. The second-order valence-corrected chi connectivity index (χ2v) is 12.9. The molecule has 0 amide bonds. The van der Waals surface area contributed by atoms with E-state index in [0.29, 0.717) is 11.8 Å². The number of para-hydroxylation sites is 2. The molecule has 2 heteroatoms. The first kappa shape index (κ1) is 27.8. The van der Waals surface area contributed by atoms with E-state index < -0.39 is 0 Å². The highest BCUT2D eigenvalue weighted by molar-refractivity contribution is 5.62. The lowest BCUT2D eigenvalue weighted by Gasteiger charge is -2.27. The van der Waals surface area contributed by atoms with Crippen molar-refractivity contribution < 1.29 is 0 Å². The molecule has 3 rings (SSSR count). The molecule has 3 aromatic carbocycles. The van der Waals surface area contributed by atoms with Crippen LogP contribution >= 0.6 is 0 Å². The van der Waals surface area contributed by atoms with E-state index in [0.717, 1.165) is 13.1 Å². The predicted molar refractivity (Wildman–Crippen MR) is 160 cm³/mol. The molecular formula is C34H48N2. The van der Waals surface area contributed by atoms with E-state index in [-0.39, 0.29) is 10.8 Å². The fourth-order valence-electron chi connectivity index (χ4n) is 4.90. The molecule has 0 radical (unpaired) electrons. The molecule has 36 heavy (non-hydrogen) atoms. The van der Waals surface area contributed by atoms with E-state index in [1.807, 2.05) is 0 Å². The molecule has 3 aromatic rings. The molecular weight excluding hydrogens is 436 g/mol. The fourth-order valence-corrected chi connectivity index (χ4v) is 4.90. The zero-order valence-electron chi connectivity index (χ0n) is 24.3. The molecule has 0 bridgehead atoms. The van der Waals surface area contributed by atoms with Crippen molar-refractivity contribution in [3.05, 3.63) is 94.0 Å². The van der Waals surface area contributed by atoms with Gasteiger partial charge in [0.1, 0.15) is 0 Å². The number of benzene rings is 3. The molecule has 2 nitrogen and oxygen atoms in total. The van der Waals surface area contributed by atoms with Gasteiger partial charge in [0, 0.05) is 24.5 Å². The first-order valence-corrected chi connectivity index (χ1v) is 13.6. The van der Waals surface area contributed by atoms with Gasteiger partial charge in [0.25, 0.3) is 0 Å². The SMILES string of the molecule is CC(C)c1cccc(C(C)(C)C)c1NCc1ccc(CNc2c(C(C)C)cccc2C(C)(C)C)cc1. The average Bonchev–Trinajstić information content (AvgIpc) is 2.80. The van der Waals surface area contributed by atoms with E-state index in [1.54, 1.807) is 0 Å². The maximum Gasteiger partial charge on any atom is 0.0415 e. The van der Waals surface area contributed by atoms with E-state index in [4.69, 9.17) is 0 Å². The van der Waals surface area contributed by atoms with Gasteiger partial charge in [-0.1, -0.05) is 130 Å². The molecule has 0 saturated heterocycles. The summed E-state index contributed by atoms with van der Waals surface area (Å²) in [6, 6.07) is 22.5. The standard InChI is InChI=1S/C34H48N2/c1-23(2)27-13-11-15-29(33(5,6)7)31(27)35-21-25-17-19-26(20-18-25)22-36-32-28(24(3)4)14-12-16-30(32)34(8,9)10/h11-20,23-24,35-36H,21-22H2,1-10H3. The highest BCUT2D eigenvalue weighted by Crippen LogP contribution is 2.37. The molecule has 2 N–H and O–H groups in total. The Hall–Kier alpha value is -2.74. The second-order valence-electron chi connectivity index (χ2n) is 12.9. The molecule has 0 heterocycles. The van der Waals surface area contributed by atoms with E-state index in [9.17, 15) is 0 Å². The van der Waals surface area contributed by atoms with Crippen LogP contribution in [0.25, 0.3) is 0 Å². The number of hydrogen-bond donors (Lipinski definition) is 2. The van der Waals surface area contributed by atoms with Crippen LogP contribution in [0.3, 0.4) is 0 Å². The van der Waals surface area contributed by atoms with Crippen molar-refractivity contribution in [2.45, 2.75) is 105 Å². The summed E-state index contributed by atoms with van der Waals surface area (Å²) in [6.07, 6.45) is 0. The van der Waals surface area contributed by atoms with Gasteiger partial charge < -0.3 is 10.6 Å². The minimum absolute atomic E-state index is 0.0982. The van der Waals surface area contributed by atoms with Crippen molar-refractivity contribution >= 4 is 11.4 Å². The van der Waals surface area contributed by atoms with Crippen molar-refractivity contribution in [2.24, 2.45) is 0 Å². The first-order chi connectivity index (χ1) is 16.8. The van der Waals surface area contributed by atoms with E-state index in [1.165, 1.54) is 44.8 Å². The van der Waals surface area contributed by atoms with Gasteiger partial charge in [0.05, 0.1) is 0 Å². The van der Waals surface area contributed by atoms with Crippen LogP contribution in [0.1, 0.15) is 114 Å². The van der Waals surface area contributed by atoms with Crippen LogP contribution in [0.4, 0.5) is 11.4 Å². The fraction of sp³-hybridized carbons (Fsp3) is 0.471. The van der Waals surface area contributed by atoms with Crippen molar-refractivity contribution in [1.82, 2.24) is 0 Å². The summed E-state index contributed by atoms with van der Waals surface area (Å²) >= 11 is 0. The molecule has 0 saturated carbocycles. The molecule has 0 aliphatic heterocycles. The zero-order chi connectivity index (χ0) is 26.7. The van der Waals surface area contributed by atoms with Gasteiger partial charge in [-0.3, -0.25) is 0 Å². The van der Waals surface area contributed by atoms with Crippen LogP contribution in [-0.4, -0.2) is 0 Å². The van der Waals surface area contributed by atoms with E-state index in [2.05, 4.69) is 141 Å². The number of hydrogen-bond acceptors (Lipinski definition) is 2. The third-order valence-corrected chi connectivity index (χ3v) is 7.01. The Kier molecular flexibility index (Phi) is 8.59. The van der Waals surface area contributed by atoms with Gasteiger partial charge >= 0.3 is 0 Å². The Morgan fingerprint density at radius 2 is 0.861 bits per heavy atom. The topological polar surface area (TPSA) is 24.1 Å². The molecule has 0 aromatic heterocycles. The van der Waals surface area contributed by atoms with Crippen molar-refractivity contribution in [3.8, 4) is 0 Å². The second kappa shape index (κ2) is 11.1. The summed E-state index contributed by atoms with van der Waals surface area (Å²) in [7, 11) is 0. The molecule has 0 spiro atoms. The molecule has 0 aliphatic rings. The Morgan fingerprint density at radius 1 is 0.528 bits per heavy atom. The molecule has 0 aliphatic carbocycles. The van der Waals surface area contributed by atoms with Gasteiger partial charge in [-0.2, -0.15) is 0 Å². The predicted octanol–water partition coefficient (Wildman–Crippen LogP) is 9.75. The molecule has 194 valence electrons. The summed E-state index contributed by atoms with van der Waals surface area (Å²) < 4.78 is 0. The van der Waals surface area contributed by atoms with Crippen molar-refractivity contribution in [1.29, 1.82) is 0 Å². The van der Waals surface area contributed by atoms with Crippen LogP contribution in [0.2, 0.25) is 0 Å². The molecule has 0 fully saturated rings. The van der Waals surface area contributed by atoms with Gasteiger partial charge in [0.15, 0.2) is 0 Å².